The Balaban J connectivity index is 2.07. The van der Waals surface area contributed by atoms with Crippen LogP contribution in [0.4, 0.5) is 13.2 Å². The second kappa shape index (κ2) is 5.98. The van der Waals surface area contributed by atoms with E-state index in [1.807, 2.05) is 0 Å². The summed E-state index contributed by atoms with van der Waals surface area (Å²) in [5.41, 5.74) is 1.23. The first-order valence-electron chi connectivity index (χ1n) is 7.04. The molecule has 0 spiro atoms. The fourth-order valence-electron chi connectivity index (χ4n) is 2.61. The molecule has 3 aromatic rings. The third-order valence-corrected chi connectivity index (χ3v) is 4.02. The van der Waals surface area contributed by atoms with Gasteiger partial charge in [-0.15, -0.1) is 0 Å². The number of benzene rings is 1. The molecule has 0 atom stereocenters. The molecule has 0 unspecified atom stereocenters. The van der Waals surface area contributed by atoms with Crippen LogP contribution in [0.15, 0.2) is 30.5 Å². The maximum atomic E-state index is 13.0. The van der Waals surface area contributed by atoms with Crippen LogP contribution >= 0.6 is 11.6 Å². The van der Waals surface area contributed by atoms with Crippen LogP contribution in [0, 0.1) is 6.92 Å². The summed E-state index contributed by atoms with van der Waals surface area (Å²) in [5.74, 6) is 0.400. The zero-order valence-electron chi connectivity index (χ0n) is 12.9. The molecule has 24 heavy (non-hydrogen) atoms. The highest BCUT2D eigenvalue weighted by molar-refractivity contribution is 6.29. The highest BCUT2D eigenvalue weighted by Gasteiger charge is 2.32. The number of alkyl halides is 3. The second-order valence-electron chi connectivity index (χ2n) is 5.29. The van der Waals surface area contributed by atoms with Gasteiger partial charge in [-0.1, -0.05) is 23.7 Å². The average Bonchev–Trinajstić information content (AvgIpc) is 2.90. The van der Waals surface area contributed by atoms with Gasteiger partial charge in [-0.25, -0.2) is 4.98 Å². The third-order valence-electron chi connectivity index (χ3n) is 3.82. The van der Waals surface area contributed by atoms with E-state index in [2.05, 4.69) is 10.1 Å². The molecule has 2 heterocycles. The minimum Gasteiger partial charge on any atom is -0.481 e. The van der Waals surface area contributed by atoms with Crippen molar-refractivity contribution in [3.8, 4) is 5.88 Å². The normalized spacial score (nSPS) is 11.9. The van der Waals surface area contributed by atoms with Crippen molar-refractivity contribution >= 4 is 17.2 Å². The number of nitrogens with zero attached hydrogens (tertiary/aromatic N) is 3. The number of ether oxygens (including phenoxy) is 1. The maximum absolute atomic E-state index is 13.0. The van der Waals surface area contributed by atoms with Crippen molar-refractivity contribution in [2.24, 2.45) is 0 Å². The van der Waals surface area contributed by atoms with Crippen LogP contribution in [0.2, 0.25) is 5.15 Å². The zero-order chi connectivity index (χ0) is 17.5. The summed E-state index contributed by atoms with van der Waals surface area (Å²) in [4.78, 5) is 4.20. The Bertz CT molecular complexity index is 905. The van der Waals surface area contributed by atoms with Crippen molar-refractivity contribution in [3.63, 3.8) is 0 Å². The van der Waals surface area contributed by atoms with Crippen LogP contribution in [0.1, 0.15) is 22.3 Å². The Hall–Kier alpha value is -2.28. The molecule has 0 saturated heterocycles. The molecule has 126 valence electrons. The molecule has 3 rings (SSSR count). The molecular formula is C16H13ClF3N3O. The summed E-state index contributed by atoms with van der Waals surface area (Å²) < 4.78 is 45.8. The number of halogens is 4. The van der Waals surface area contributed by atoms with Crippen molar-refractivity contribution in [3.05, 3.63) is 57.9 Å². The summed E-state index contributed by atoms with van der Waals surface area (Å²) >= 11 is 5.97. The number of methoxy groups -OCH3 is 1. The van der Waals surface area contributed by atoms with E-state index in [0.717, 1.165) is 6.07 Å². The highest BCUT2D eigenvalue weighted by Crippen LogP contribution is 2.33. The molecule has 0 aliphatic carbocycles. The van der Waals surface area contributed by atoms with Gasteiger partial charge in [0, 0.05) is 18.1 Å². The molecular weight excluding hydrogens is 343 g/mol. The van der Waals surface area contributed by atoms with Crippen molar-refractivity contribution in [2.75, 3.05) is 7.11 Å². The van der Waals surface area contributed by atoms with Gasteiger partial charge < -0.3 is 4.74 Å². The van der Waals surface area contributed by atoms with Crippen molar-refractivity contribution in [1.29, 1.82) is 0 Å². The van der Waals surface area contributed by atoms with E-state index in [1.165, 1.54) is 30.7 Å². The molecule has 0 bridgehead atoms. The minimum absolute atomic E-state index is 0.193. The first-order chi connectivity index (χ1) is 11.3. The second-order valence-corrected chi connectivity index (χ2v) is 5.68. The van der Waals surface area contributed by atoms with Gasteiger partial charge in [0.05, 0.1) is 18.9 Å². The van der Waals surface area contributed by atoms with E-state index in [4.69, 9.17) is 16.3 Å². The predicted octanol–water partition coefficient (Wildman–Crippen LogP) is 4.31. The van der Waals surface area contributed by atoms with E-state index in [9.17, 15) is 13.2 Å². The van der Waals surface area contributed by atoms with Gasteiger partial charge in [0.1, 0.15) is 5.15 Å². The van der Waals surface area contributed by atoms with Gasteiger partial charge in [0.25, 0.3) is 0 Å². The van der Waals surface area contributed by atoms with E-state index < -0.39 is 11.7 Å². The molecule has 0 saturated carbocycles. The van der Waals surface area contributed by atoms with Gasteiger partial charge in [-0.05, 0) is 24.1 Å². The number of hydrogen-bond donors (Lipinski definition) is 0. The fourth-order valence-corrected chi connectivity index (χ4v) is 2.78. The Morgan fingerprint density at radius 1 is 1.25 bits per heavy atom. The van der Waals surface area contributed by atoms with Crippen molar-refractivity contribution < 1.29 is 17.9 Å². The lowest BCUT2D eigenvalue weighted by Crippen LogP contribution is -2.09. The number of rotatable bonds is 3. The summed E-state index contributed by atoms with van der Waals surface area (Å²) in [6.45, 7) is 1.46. The monoisotopic (exact) mass is 355 g/mol. The predicted molar refractivity (Wildman–Crippen MR) is 83.5 cm³/mol. The quantitative estimate of drug-likeness (QED) is 0.657. The summed E-state index contributed by atoms with van der Waals surface area (Å²) in [7, 11) is 1.48. The highest BCUT2D eigenvalue weighted by atomic mass is 35.5. The summed E-state index contributed by atoms with van der Waals surface area (Å²) in [6, 6.07) is 5.65. The molecule has 1 aromatic carbocycles. The molecule has 4 nitrogen and oxygen atoms in total. The minimum atomic E-state index is -4.38. The average molecular weight is 356 g/mol. The molecule has 0 aliphatic heterocycles. The largest absolute Gasteiger partial charge is 0.481 e. The Morgan fingerprint density at radius 3 is 2.67 bits per heavy atom. The Morgan fingerprint density at radius 2 is 2.00 bits per heavy atom. The lowest BCUT2D eigenvalue weighted by molar-refractivity contribution is -0.138. The van der Waals surface area contributed by atoms with Gasteiger partial charge >= 0.3 is 6.18 Å². The van der Waals surface area contributed by atoms with E-state index in [-0.39, 0.29) is 17.1 Å². The first kappa shape index (κ1) is 16.6. The molecule has 0 amide bonds. The molecule has 0 fully saturated rings. The lowest BCUT2D eigenvalue weighted by atomic mass is 9.97. The molecule has 0 N–H and O–H groups in total. The Labute approximate surface area is 140 Å². The van der Waals surface area contributed by atoms with Crippen molar-refractivity contribution in [1.82, 2.24) is 14.6 Å². The number of fused-ring (bicyclic) bond motifs is 1. The molecule has 8 heteroatoms. The van der Waals surface area contributed by atoms with Gasteiger partial charge in [0.15, 0.2) is 5.65 Å². The van der Waals surface area contributed by atoms with Crippen LogP contribution in [0.3, 0.4) is 0 Å². The SMILES string of the molecule is COc1cc(Cl)nc2c(Cc3cccc(C(F)(F)F)c3C)cnn12. The number of hydrogen-bond acceptors (Lipinski definition) is 3. The van der Waals surface area contributed by atoms with E-state index >= 15 is 0 Å². The lowest BCUT2D eigenvalue weighted by Gasteiger charge is -2.13. The molecule has 0 aliphatic rings. The first-order valence-corrected chi connectivity index (χ1v) is 7.42. The van der Waals surface area contributed by atoms with Gasteiger partial charge in [0.2, 0.25) is 5.88 Å². The summed E-state index contributed by atoms with van der Waals surface area (Å²) in [5, 5.41) is 4.40. The third kappa shape index (κ3) is 2.91. The topological polar surface area (TPSA) is 39.4 Å². The van der Waals surface area contributed by atoms with Crippen molar-refractivity contribution in [2.45, 2.75) is 19.5 Å². The van der Waals surface area contributed by atoms with Crippen LogP contribution in [0.5, 0.6) is 5.88 Å². The summed E-state index contributed by atoms with van der Waals surface area (Å²) in [6.07, 6.45) is -2.57. The van der Waals surface area contributed by atoms with E-state index in [0.29, 0.717) is 22.7 Å². The van der Waals surface area contributed by atoms with Gasteiger partial charge in [-0.3, -0.25) is 0 Å². The van der Waals surface area contributed by atoms with Crippen LogP contribution in [0.25, 0.3) is 5.65 Å². The molecule has 0 radical (unpaired) electrons. The standard InChI is InChI=1S/C16H13ClF3N3O/c1-9-10(4-3-5-12(9)16(18,19)20)6-11-8-21-23-14(24-2)7-13(17)22-15(11)23/h3-5,7-8H,6H2,1-2H3. The van der Waals surface area contributed by atoms with Crippen LogP contribution < -0.4 is 4.74 Å². The maximum Gasteiger partial charge on any atom is 0.416 e. The molecule has 2 aromatic heterocycles. The van der Waals surface area contributed by atoms with E-state index in [1.54, 1.807) is 12.3 Å². The Kier molecular flexibility index (Phi) is 4.13. The van der Waals surface area contributed by atoms with Crippen LogP contribution in [-0.2, 0) is 12.6 Å². The zero-order valence-corrected chi connectivity index (χ0v) is 13.6. The fraction of sp³-hybridized carbons (Fsp3) is 0.250. The van der Waals surface area contributed by atoms with Crippen LogP contribution in [-0.4, -0.2) is 21.7 Å². The number of aromatic nitrogens is 3. The smallest absolute Gasteiger partial charge is 0.416 e. The van der Waals surface area contributed by atoms with Gasteiger partial charge in [-0.2, -0.15) is 22.8 Å².